The Morgan fingerprint density at radius 3 is 2.73 bits per heavy atom. The lowest BCUT2D eigenvalue weighted by atomic mass is 10.1. The average molecular weight is 223 g/mol. The minimum Gasteiger partial charge on any atom is -0.367 e. The number of benzene rings is 1. The molecule has 0 aliphatic carbocycles. The number of hydrogen-bond acceptors (Lipinski definition) is 3. The van der Waals surface area contributed by atoms with Crippen LogP contribution in [0.4, 0.5) is 0 Å². The SMILES string of the molecule is CN1CC(CS)OC(c2ccccc2)C1. The Hall–Kier alpha value is -0.510. The average Bonchev–Trinajstić information content (AvgIpc) is 2.29. The van der Waals surface area contributed by atoms with Gasteiger partial charge in [-0.05, 0) is 12.6 Å². The van der Waals surface area contributed by atoms with Crippen LogP contribution in [0.5, 0.6) is 0 Å². The molecule has 0 saturated carbocycles. The van der Waals surface area contributed by atoms with Gasteiger partial charge in [-0.15, -0.1) is 0 Å². The summed E-state index contributed by atoms with van der Waals surface area (Å²) in [7, 11) is 2.13. The Kier molecular flexibility index (Phi) is 3.67. The summed E-state index contributed by atoms with van der Waals surface area (Å²) in [4.78, 5) is 2.31. The van der Waals surface area contributed by atoms with Crippen LogP contribution in [-0.4, -0.2) is 36.9 Å². The van der Waals surface area contributed by atoms with Crippen molar-refractivity contribution in [3.63, 3.8) is 0 Å². The number of ether oxygens (including phenoxy) is 1. The van der Waals surface area contributed by atoms with E-state index in [2.05, 4.69) is 48.8 Å². The van der Waals surface area contributed by atoms with Gasteiger partial charge in [0.25, 0.3) is 0 Å². The molecule has 0 radical (unpaired) electrons. The summed E-state index contributed by atoms with van der Waals surface area (Å²) in [6.45, 7) is 1.95. The van der Waals surface area contributed by atoms with Gasteiger partial charge < -0.3 is 9.64 Å². The van der Waals surface area contributed by atoms with E-state index in [1.807, 2.05) is 6.07 Å². The molecule has 1 aromatic rings. The lowest BCUT2D eigenvalue weighted by Gasteiger charge is -2.35. The number of nitrogens with zero attached hydrogens (tertiary/aromatic N) is 1. The zero-order valence-corrected chi connectivity index (χ0v) is 9.86. The zero-order valence-electron chi connectivity index (χ0n) is 8.97. The fraction of sp³-hybridized carbons (Fsp3) is 0.500. The number of hydrogen-bond donors (Lipinski definition) is 1. The van der Waals surface area contributed by atoms with Crippen molar-refractivity contribution in [2.75, 3.05) is 25.9 Å². The maximum absolute atomic E-state index is 5.97. The van der Waals surface area contributed by atoms with E-state index in [1.54, 1.807) is 0 Å². The quantitative estimate of drug-likeness (QED) is 0.770. The van der Waals surface area contributed by atoms with Gasteiger partial charge in [0.2, 0.25) is 0 Å². The van der Waals surface area contributed by atoms with Crippen molar-refractivity contribution < 1.29 is 4.74 Å². The molecule has 2 atom stereocenters. The van der Waals surface area contributed by atoms with Gasteiger partial charge in [-0.25, -0.2) is 0 Å². The van der Waals surface area contributed by atoms with Crippen LogP contribution < -0.4 is 0 Å². The highest BCUT2D eigenvalue weighted by Gasteiger charge is 2.25. The smallest absolute Gasteiger partial charge is 0.0956 e. The molecule has 2 nitrogen and oxygen atoms in total. The standard InChI is InChI=1S/C12H17NOS/c1-13-7-11(9-15)14-12(8-13)10-5-3-2-4-6-10/h2-6,11-12,15H,7-9H2,1H3. The van der Waals surface area contributed by atoms with Gasteiger partial charge in [0.1, 0.15) is 0 Å². The topological polar surface area (TPSA) is 12.5 Å². The third kappa shape index (κ3) is 2.74. The first-order chi connectivity index (χ1) is 7.29. The van der Waals surface area contributed by atoms with E-state index in [0.717, 1.165) is 18.8 Å². The number of morpholine rings is 1. The van der Waals surface area contributed by atoms with Crippen molar-refractivity contribution in [2.24, 2.45) is 0 Å². The van der Waals surface area contributed by atoms with Gasteiger partial charge >= 0.3 is 0 Å². The predicted octanol–water partition coefficient (Wildman–Crippen LogP) is 1.99. The van der Waals surface area contributed by atoms with Crippen LogP contribution in [0.1, 0.15) is 11.7 Å². The summed E-state index contributed by atoms with van der Waals surface area (Å²) in [5.74, 6) is 0.785. The van der Waals surface area contributed by atoms with Crippen LogP contribution in [-0.2, 0) is 4.74 Å². The molecule has 0 amide bonds. The molecule has 1 aliphatic heterocycles. The maximum Gasteiger partial charge on any atom is 0.0956 e. The first kappa shape index (κ1) is 11.0. The fourth-order valence-corrected chi connectivity index (χ4v) is 2.18. The number of likely N-dealkylation sites (N-methyl/N-ethyl adjacent to an activating group) is 1. The van der Waals surface area contributed by atoms with Gasteiger partial charge in [-0.2, -0.15) is 12.6 Å². The molecule has 1 heterocycles. The Morgan fingerprint density at radius 2 is 2.07 bits per heavy atom. The minimum absolute atomic E-state index is 0.196. The van der Waals surface area contributed by atoms with Crippen molar-refractivity contribution in [1.29, 1.82) is 0 Å². The monoisotopic (exact) mass is 223 g/mol. The molecule has 0 bridgehead atoms. The van der Waals surface area contributed by atoms with Gasteiger partial charge in [0, 0.05) is 18.8 Å². The highest BCUT2D eigenvalue weighted by Crippen LogP contribution is 2.24. The van der Waals surface area contributed by atoms with E-state index < -0.39 is 0 Å². The largest absolute Gasteiger partial charge is 0.367 e. The summed E-state index contributed by atoms with van der Waals surface area (Å²) < 4.78 is 5.97. The highest BCUT2D eigenvalue weighted by atomic mass is 32.1. The molecule has 15 heavy (non-hydrogen) atoms. The second-order valence-electron chi connectivity index (χ2n) is 4.06. The summed E-state index contributed by atoms with van der Waals surface area (Å²) >= 11 is 4.31. The Bertz CT molecular complexity index is 304. The van der Waals surface area contributed by atoms with Crippen LogP contribution >= 0.6 is 12.6 Å². The first-order valence-corrected chi connectivity index (χ1v) is 5.92. The zero-order chi connectivity index (χ0) is 10.7. The summed E-state index contributed by atoms with van der Waals surface area (Å²) in [5.41, 5.74) is 1.26. The molecule has 0 spiro atoms. The van der Waals surface area contributed by atoms with E-state index in [-0.39, 0.29) is 12.2 Å². The first-order valence-electron chi connectivity index (χ1n) is 5.29. The molecule has 1 fully saturated rings. The molecule has 0 aromatic heterocycles. The van der Waals surface area contributed by atoms with E-state index in [1.165, 1.54) is 5.56 Å². The lowest BCUT2D eigenvalue weighted by Crippen LogP contribution is -2.42. The molecular formula is C12H17NOS. The normalized spacial score (nSPS) is 27.9. The molecule has 0 N–H and O–H groups in total. The van der Waals surface area contributed by atoms with Crippen LogP contribution in [0.15, 0.2) is 30.3 Å². The second kappa shape index (κ2) is 5.01. The molecule has 1 saturated heterocycles. The Morgan fingerprint density at radius 1 is 1.33 bits per heavy atom. The van der Waals surface area contributed by atoms with E-state index in [4.69, 9.17) is 4.74 Å². The number of thiol groups is 1. The van der Waals surface area contributed by atoms with Crippen molar-refractivity contribution in [3.8, 4) is 0 Å². The van der Waals surface area contributed by atoms with Crippen LogP contribution in [0.3, 0.4) is 0 Å². The molecule has 1 aliphatic rings. The molecule has 2 unspecified atom stereocenters. The van der Waals surface area contributed by atoms with Gasteiger partial charge in [0.05, 0.1) is 12.2 Å². The predicted molar refractivity (Wildman–Crippen MR) is 65.4 cm³/mol. The van der Waals surface area contributed by atoms with Crippen LogP contribution in [0, 0.1) is 0 Å². The Labute approximate surface area is 96.6 Å². The number of rotatable bonds is 2. The van der Waals surface area contributed by atoms with E-state index in [0.29, 0.717) is 0 Å². The third-order valence-electron chi connectivity index (χ3n) is 2.72. The van der Waals surface area contributed by atoms with Crippen molar-refractivity contribution >= 4 is 12.6 Å². The summed E-state index contributed by atoms with van der Waals surface area (Å²) in [6.07, 6.45) is 0.444. The van der Waals surface area contributed by atoms with Crippen molar-refractivity contribution in [3.05, 3.63) is 35.9 Å². The maximum atomic E-state index is 5.97. The van der Waals surface area contributed by atoms with Gasteiger partial charge in [0.15, 0.2) is 0 Å². The van der Waals surface area contributed by atoms with E-state index in [9.17, 15) is 0 Å². The van der Waals surface area contributed by atoms with Crippen LogP contribution in [0.2, 0.25) is 0 Å². The van der Waals surface area contributed by atoms with Crippen molar-refractivity contribution in [1.82, 2.24) is 4.90 Å². The Balaban J connectivity index is 2.09. The molecule has 1 aromatic carbocycles. The van der Waals surface area contributed by atoms with Gasteiger partial charge in [-0.1, -0.05) is 30.3 Å². The van der Waals surface area contributed by atoms with Gasteiger partial charge in [-0.3, -0.25) is 0 Å². The molecule has 2 rings (SSSR count). The van der Waals surface area contributed by atoms with Crippen molar-refractivity contribution in [2.45, 2.75) is 12.2 Å². The third-order valence-corrected chi connectivity index (χ3v) is 3.13. The minimum atomic E-state index is 0.196. The molecule has 82 valence electrons. The second-order valence-corrected chi connectivity index (χ2v) is 4.43. The van der Waals surface area contributed by atoms with Crippen LogP contribution in [0.25, 0.3) is 0 Å². The summed E-state index contributed by atoms with van der Waals surface area (Å²) in [5, 5.41) is 0. The van der Waals surface area contributed by atoms with E-state index >= 15 is 0 Å². The highest BCUT2D eigenvalue weighted by molar-refractivity contribution is 7.80. The summed E-state index contributed by atoms with van der Waals surface area (Å²) in [6, 6.07) is 10.4. The molecule has 3 heteroatoms. The fourth-order valence-electron chi connectivity index (χ4n) is 1.98. The lowest BCUT2D eigenvalue weighted by molar-refractivity contribution is -0.0691. The molecular weight excluding hydrogens is 206 g/mol.